The fourth-order valence-corrected chi connectivity index (χ4v) is 4.71. The lowest BCUT2D eigenvalue weighted by molar-refractivity contribution is 0.246. The van der Waals surface area contributed by atoms with Crippen LogP contribution in [0.1, 0.15) is 19.3 Å². The van der Waals surface area contributed by atoms with Gasteiger partial charge in [-0.2, -0.15) is 4.31 Å². The highest BCUT2D eigenvalue weighted by molar-refractivity contribution is 7.89. The van der Waals surface area contributed by atoms with Crippen LogP contribution in [0, 0.1) is 0 Å². The summed E-state index contributed by atoms with van der Waals surface area (Å²) in [6, 6.07) is 3.89. The first-order valence-electron chi connectivity index (χ1n) is 6.82. The van der Waals surface area contributed by atoms with Gasteiger partial charge in [0.1, 0.15) is 10.0 Å². The molecule has 0 amide bonds. The van der Waals surface area contributed by atoms with E-state index in [2.05, 4.69) is 16.9 Å². The maximum Gasteiger partial charge on any atom is 0.244 e. The van der Waals surface area contributed by atoms with Crippen molar-refractivity contribution in [3.63, 3.8) is 0 Å². The van der Waals surface area contributed by atoms with Gasteiger partial charge in [0.2, 0.25) is 10.0 Å². The molecule has 0 N–H and O–H groups in total. The van der Waals surface area contributed by atoms with Crippen molar-refractivity contribution >= 4 is 21.6 Å². The summed E-state index contributed by atoms with van der Waals surface area (Å²) in [5, 5.41) is 0.304. The lowest BCUT2D eigenvalue weighted by Crippen LogP contribution is -2.39. The molecule has 2 unspecified atom stereocenters. The minimum Gasteiger partial charge on any atom is -0.299 e. The fraction of sp³-hybridized carbons (Fsp3) is 0.615. The minimum atomic E-state index is -3.46. The normalized spacial score (nSPS) is 28.5. The lowest BCUT2D eigenvalue weighted by Gasteiger charge is -2.25. The molecule has 0 radical (unpaired) electrons. The van der Waals surface area contributed by atoms with Crippen LogP contribution in [0.15, 0.2) is 23.2 Å². The monoisotopic (exact) mass is 315 g/mol. The molecular weight excluding hydrogens is 298 g/mol. The van der Waals surface area contributed by atoms with Gasteiger partial charge in [-0.3, -0.25) is 4.90 Å². The van der Waals surface area contributed by atoms with Crippen LogP contribution in [0.4, 0.5) is 0 Å². The molecule has 2 fully saturated rings. The zero-order valence-electron chi connectivity index (χ0n) is 11.4. The van der Waals surface area contributed by atoms with Crippen molar-refractivity contribution in [1.29, 1.82) is 0 Å². The van der Waals surface area contributed by atoms with Gasteiger partial charge in [0, 0.05) is 31.4 Å². The van der Waals surface area contributed by atoms with Gasteiger partial charge in [0.15, 0.2) is 0 Å². The molecular formula is C13H18ClN3O2S. The Hall–Kier alpha value is -0.690. The second-order valence-corrected chi connectivity index (χ2v) is 7.84. The summed E-state index contributed by atoms with van der Waals surface area (Å²) in [7, 11) is -1.36. The van der Waals surface area contributed by atoms with Crippen molar-refractivity contribution in [1.82, 2.24) is 14.2 Å². The number of aromatic nitrogens is 1. The van der Waals surface area contributed by atoms with Crippen LogP contribution in [-0.4, -0.2) is 54.8 Å². The van der Waals surface area contributed by atoms with Gasteiger partial charge < -0.3 is 0 Å². The summed E-state index contributed by atoms with van der Waals surface area (Å²) in [5.41, 5.74) is 0. The predicted molar refractivity (Wildman–Crippen MR) is 77.2 cm³/mol. The summed E-state index contributed by atoms with van der Waals surface area (Å²) >= 11 is 5.72. The highest BCUT2D eigenvalue weighted by Crippen LogP contribution is 2.30. The van der Waals surface area contributed by atoms with Crippen molar-refractivity contribution in [2.24, 2.45) is 0 Å². The van der Waals surface area contributed by atoms with Gasteiger partial charge in [0.25, 0.3) is 0 Å². The predicted octanol–water partition coefficient (Wildman–Crippen LogP) is 1.59. The van der Waals surface area contributed by atoms with Crippen LogP contribution in [0.2, 0.25) is 5.15 Å². The Morgan fingerprint density at radius 1 is 1.25 bits per heavy atom. The van der Waals surface area contributed by atoms with Gasteiger partial charge in [-0.1, -0.05) is 11.6 Å². The lowest BCUT2D eigenvalue weighted by atomic mass is 10.1. The second kappa shape index (κ2) is 5.26. The van der Waals surface area contributed by atoms with Crippen molar-refractivity contribution in [2.45, 2.75) is 36.2 Å². The molecule has 110 valence electrons. The molecule has 20 heavy (non-hydrogen) atoms. The standard InChI is InChI=1S/C13H18ClN3O2S/c1-16-10-2-3-11(16)9-17(7-6-10)20(18,19)12-4-5-13(14)15-8-12/h4-5,8,10-11H,2-3,6-7,9H2,1H3. The maximum absolute atomic E-state index is 12.7. The summed E-state index contributed by atoms with van der Waals surface area (Å²) in [6.07, 6.45) is 4.49. The Kier molecular flexibility index (Phi) is 3.75. The van der Waals surface area contributed by atoms with Crippen LogP contribution < -0.4 is 0 Å². The van der Waals surface area contributed by atoms with Crippen molar-refractivity contribution in [2.75, 3.05) is 20.1 Å². The number of fused-ring (bicyclic) bond motifs is 2. The molecule has 1 aromatic rings. The topological polar surface area (TPSA) is 53.5 Å². The third kappa shape index (κ3) is 2.45. The molecule has 0 aliphatic carbocycles. The van der Waals surface area contributed by atoms with E-state index in [1.54, 1.807) is 4.31 Å². The first kappa shape index (κ1) is 14.3. The summed E-state index contributed by atoms with van der Waals surface area (Å²) in [4.78, 5) is 6.43. The first-order chi connectivity index (χ1) is 9.48. The van der Waals surface area contributed by atoms with E-state index < -0.39 is 10.0 Å². The molecule has 3 rings (SSSR count). The molecule has 0 aromatic carbocycles. The minimum absolute atomic E-state index is 0.224. The van der Waals surface area contributed by atoms with E-state index in [4.69, 9.17) is 11.6 Å². The number of nitrogens with zero attached hydrogens (tertiary/aromatic N) is 3. The van der Waals surface area contributed by atoms with Gasteiger partial charge >= 0.3 is 0 Å². The van der Waals surface area contributed by atoms with Crippen LogP contribution in [0.3, 0.4) is 0 Å². The van der Waals surface area contributed by atoms with Crippen molar-refractivity contribution in [3.8, 4) is 0 Å². The summed E-state index contributed by atoms with van der Waals surface area (Å²) < 4.78 is 26.9. The number of pyridine rings is 1. The first-order valence-corrected chi connectivity index (χ1v) is 8.64. The number of likely N-dealkylation sites (N-methyl/N-ethyl adjacent to an activating group) is 1. The zero-order chi connectivity index (χ0) is 14.3. The molecule has 2 saturated heterocycles. The molecule has 7 heteroatoms. The van der Waals surface area contributed by atoms with E-state index in [1.165, 1.54) is 24.8 Å². The largest absolute Gasteiger partial charge is 0.299 e. The summed E-state index contributed by atoms with van der Waals surface area (Å²) in [6.45, 7) is 1.15. The quantitative estimate of drug-likeness (QED) is 0.778. The van der Waals surface area contributed by atoms with Gasteiger partial charge in [-0.05, 0) is 38.4 Å². The fourth-order valence-electron chi connectivity index (χ4n) is 3.16. The Balaban J connectivity index is 1.86. The van der Waals surface area contributed by atoms with E-state index in [1.807, 2.05) is 0 Å². The molecule has 1 aromatic heterocycles. The smallest absolute Gasteiger partial charge is 0.244 e. The highest BCUT2D eigenvalue weighted by atomic mass is 35.5. The van der Waals surface area contributed by atoms with E-state index >= 15 is 0 Å². The third-order valence-electron chi connectivity index (χ3n) is 4.45. The van der Waals surface area contributed by atoms with Gasteiger partial charge in [-0.25, -0.2) is 13.4 Å². The highest BCUT2D eigenvalue weighted by Gasteiger charge is 2.38. The number of hydrogen-bond acceptors (Lipinski definition) is 4. The Labute approximate surface area is 124 Å². The number of sulfonamides is 1. The molecule has 0 spiro atoms. The van der Waals surface area contributed by atoms with Crippen LogP contribution >= 0.6 is 11.6 Å². The van der Waals surface area contributed by atoms with Gasteiger partial charge in [0.05, 0.1) is 0 Å². The van der Waals surface area contributed by atoms with Gasteiger partial charge in [-0.15, -0.1) is 0 Å². The molecule has 2 aliphatic rings. The second-order valence-electron chi connectivity index (χ2n) is 5.52. The molecule has 0 saturated carbocycles. The summed E-state index contributed by atoms with van der Waals surface area (Å²) in [5.74, 6) is 0. The van der Waals surface area contributed by atoms with Crippen LogP contribution in [-0.2, 0) is 10.0 Å². The Morgan fingerprint density at radius 2 is 2.00 bits per heavy atom. The van der Waals surface area contributed by atoms with Crippen LogP contribution in [0.25, 0.3) is 0 Å². The number of halogens is 1. The molecule has 2 aliphatic heterocycles. The van der Waals surface area contributed by atoms with E-state index in [-0.39, 0.29) is 4.90 Å². The SMILES string of the molecule is CN1C2CCC1CN(S(=O)(=O)c1ccc(Cl)nc1)CC2. The zero-order valence-corrected chi connectivity index (χ0v) is 12.9. The van der Waals surface area contributed by atoms with E-state index in [0.717, 1.165) is 12.8 Å². The van der Waals surface area contributed by atoms with E-state index in [9.17, 15) is 8.42 Å². The van der Waals surface area contributed by atoms with Crippen LogP contribution in [0.5, 0.6) is 0 Å². The van der Waals surface area contributed by atoms with Crippen molar-refractivity contribution < 1.29 is 8.42 Å². The van der Waals surface area contributed by atoms with E-state index in [0.29, 0.717) is 30.3 Å². The average molecular weight is 316 g/mol. The average Bonchev–Trinajstić information content (AvgIpc) is 2.63. The molecule has 5 nitrogen and oxygen atoms in total. The Bertz CT molecular complexity index is 590. The molecule has 2 atom stereocenters. The molecule has 2 bridgehead atoms. The number of rotatable bonds is 2. The Morgan fingerprint density at radius 3 is 2.70 bits per heavy atom. The third-order valence-corrected chi connectivity index (χ3v) is 6.52. The molecule has 3 heterocycles. The number of hydrogen-bond donors (Lipinski definition) is 0. The maximum atomic E-state index is 12.7. The van der Waals surface area contributed by atoms with Crippen molar-refractivity contribution in [3.05, 3.63) is 23.5 Å².